The summed E-state index contributed by atoms with van der Waals surface area (Å²) in [7, 11) is 0. The van der Waals surface area contributed by atoms with Gasteiger partial charge in [-0.15, -0.1) is 0 Å². The van der Waals surface area contributed by atoms with Crippen LogP contribution in [0.2, 0.25) is 0 Å². The highest BCUT2D eigenvalue weighted by Gasteiger charge is 2.07. The Bertz CT molecular complexity index is 399. The average Bonchev–Trinajstić information content (AvgIpc) is 2.67. The lowest BCUT2D eigenvalue weighted by Gasteiger charge is -1.88. The maximum atomic E-state index is 4.45. The summed E-state index contributed by atoms with van der Waals surface area (Å²) in [4.78, 5) is 4.45. The van der Waals surface area contributed by atoms with Crippen LogP contribution in [0.5, 0.6) is 0 Å². The Morgan fingerprint density at radius 3 is 3.00 bits per heavy atom. The van der Waals surface area contributed by atoms with Crippen molar-refractivity contribution in [2.24, 2.45) is 0 Å². The molecular weight excluding hydrogens is 164 g/mol. The van der Waals surface area contributed by atoms with E-state index in [1.165, 1.54) is 5.56 Å². The lowest BCUT2D eigenvalue weighted by atomic mass is 10.2. The minimum absolute atomic E-state index is 0.926. The molecule has 0 aliphatic rings. The Labute approximate surface area is 77.0 Å². The van der Waals surface area contributed by atoms with Crippen LogP contribution in [0.1, 0.15) is 31.7 Å². The van der Waals surface area contributed by atoms with Gasteiger partial charge in [-0.2, -0.15) is 9.73 Å². The molecule has 0 amide bonds. The fraction of sp³-hybridized carbons (Fsp3) is 0.556. The van der Waals surface area contributed by atoms with Crippen molar-refractivity contribution in [1.29, 1.82) is 0 Å². The topological polar surface area (TPSA) is 46.0 Å². The number of H-pyrrole nitrogens is 1. The molecule has 2 rings (SSSR count). The van der Waals surface area contributed by atoms with Crippen molar-refractivity contribution in [3.63, 3.8) is 0 Å². The normalized spacial score (nSPS) is 11.2. The summed E-state index contributed by atoms with van der Waals surface area (Å²) < 4.78 is 1.75. The second-order valence-corrected chi connectivity index (χ2v) is 3.18. The first-order chi connectivity index (χ1) is 6.35. The number of aromatic nitrogens is 4. The molecule has 0 radical (unpaired) electrons. The fourth-order valence-corrected chi connectivity index (χ4v) is 1.46. The highest BCUT2D eigenvalue weighted by molar-refractivity contribution is 5.45. The van der Waals surface area contributed by atoms with Gasteiger partial charge in [0, 0.05) is 12.0 Å². The van der Waals surface area contributed by atoms with Gasteiger partial charge in [0.25, 0.3) is 0 Å². The van der Waals surface area contributed by atoms with Crippen LogP contribution in [0.25, 0.3) is 5.65 Å². The van der Waals surface area contributed by atoms with Crippen LogP contribution in [0.15, 0.2) is 6.20 Å². The van der Waals surface area contributed by atoms with E-state index in [4.69, 9.17) is 0 Å². The minimum Gasteiger partial charge on any atom is -0.263 e. The summed E-state index contributed by atoms with van der Waals surface area (Å²) in [6, 6.07) is 0. The maximum absolute atomic E-state index is 4.45. The number of nitrogens with one attached hydrogen (secondary N) is 1. The second-order valence-electron chi connectivity index (χ2n) is 3.18. The van der Waals surface area contributed by atoms with Crippen molar-refractivity contribution < 1.29 is 0 Å². The van der Waals surface area contributed by atoms with E-state index < -0.39 is 0 Å². The fourth-order valence-electron chi connectivity index (χ4n) is 1.46. The van der Waals surface area contributed by atoms with E-state index in [1.807, 2.05) is 6.20 Å². The summed E-state index contributed by atoms with van der Waals surface area (Å²) in [6.07, 6.45) is 5.00. The van der Waals surface area contributed by atoms with E-state index in [1.54, 1.807) is 4.63 Å². The summed E-state index contributed by atoms with van der Waals surface area (Å²) in [5.41, 5.74) is 2.22. The number of aromatic amines is 1. The van der Waals surface area contributed by atoms with Gasteiger partial charge in [-0.25, -0.2) is 4.98 Å². The summed E-state index contributed by atoms with van der Waals surface area (Å²) in [5.74, 6) is 1.00. The molecule has 1 N–H and O–H groups in total. The van der Waals surface area contributed by atoms with Crippen molar-refractivity contribution in [3.8, 4) is 0 Å². The quantitative estimate of drug-likeness (QED) is 0.775. The lowest BCUT2D eigenvalue weighted by Crippen LogP contribution is -1.87. The Balaban J connectivity index is 2.46. The largest absolute Gasteiger partial charge is 0.263 e. The second kappa shape index (κ2) is 3.20. The SMILES string of the molecule is CCCc1cnn2[nH]c(CC)nc12. The van der Waals surface area contributed by atoms with Crippen LogP contribution in [0.3, 0.4) is 0 Å². The molecule has 0 unspecified atom stereocenters. The van der Waals surface area contributed by atoms with Crippen LogP contribution in [-0.2, 0) is 12.8 Å². The van der Waals surface area contributed by atoms with Crippen LogP contribution in [-0.4, -0.2) is 19.8 Å². The molecule has 0 saturated carbocycles. The molecule has 0 aliphatic carbocycles. The van der Waals surface area contributed by atoms with Crippen molar-refractivity contribution in [2.45, 2.75) is 33.1 Å². The maximum Gasteiger partial charge on any atom is 0.178 e. The predicted molar refractivity (Wildman–Crippen MR) is 50.7 cm³/mol. The zero-order chi connectivity index (χ0) is 9.26. The van der Waals surface area contributed by atoms with Gasteiger partial charge in [0.05, 0.1) is 6.20 Å². The molecule has 70 valence electrons. The highest BCUT2D eigenvalue weighted by Crippen LogP contribution is 2.10. The molecule has 0 saturated heterocycles. The number of hydrogen-bond donors (Lipinski definition) is 1. The Morgan fingerprint density at radius 1 is 1.46 bits per heavy atom. The van der Waals surface area contributed by atoms with Crippen molar-refractivity contribution in [3.05, 3.63) is 17.6 Å². The molecular formula is C9H14N4. The van der Waals surface area contributed by atoms with Gasteiger partial charge in [-0.1, -0.05) is 20.3 Å². The number of rotatable bonds is 3. The van der Waals surface area contributed by atoms with Crippen molar-refractivity contribution in [1.82, 2.24) is 19.8 Å². The van der Waals surface area contributed by atoms with Gasteiger partial charge in [-0.3, -0.25) is 5.10 Å². The lowest BCUT2D eigenvalue weighted by molar-refractivity contribution is 0.789. The molecule has 4 nitrogen and oxygen atoms in total. The molecule has 2 aromatic rings. The van der Waals surface area contributed by atoms with E-state index in [9.17, 15) is 0 Å². The number of hydrogen-bond acceptors (Lipinski definition) is 2. The van der Waals surface area contributed by atoms with Crippen LogP contribution >= 0.6 is 0 Å². The van der Waals surface area contributed by atoms with Gasteiger partial charge in [-0.05, 0) is 6.42 Å². The summed E-state index contributed by atoms with van der Waals surface area (Å²) in [5, 5.41) is 7.32. The minimum atomic E-state index is 0.926. The highest BCUT2D eigenvalue weighted by atomic mass is 15.5. The van der Waals surface area contributed by atoms with Crippen LogP contribution < -0.4 is 0 Å². The Morgan fingerprint density at radius 2 is 2.31 bits per heavy atom. The molecule has 13 heavy (non-hydrogen) atoms. The van der Waals surface area contributed by atoms with Crippen LogP contribution in [0.4, 0.5) is 0 Å². The summed E-state index contributed by atoms with van der Waals surface area (Å²) >= 11 is 0. The zero-order valence-electron chi connectivity index (χ0n) is 8.04. The molecule has 0 atom stereocenters. The first kappa shape index (κ1) is 8.29. The third-order valence-corrected chi connectivity index (χ3v) is 2.15. The Hall–Kier alpha value is -1.32. The van der Waals surface area contributed by atoms with Gasteiger partial charge in [0.15, 0.2) is 5.65 Å². The number of fused-ring (bicyclic) bond motifs is 1. The number of nitrogens with zero attached hydrogens (tertiary/aromatic N) is 3. The van der Waals surface area contributed by atoms with Gasteiger partial charge in [0.2, 0.25) is 0 Å². The molecule has 2 aromatic heterocycles. The van der Waals surface area contributed by atoms with Gasteiger partial charge >= 0.3 is 0 Å². The predicted octanol–water partition coefficient (Wildman–Crippen LogP) is 1.57. The molecule has 0 aromatic carbocycles. The standard InChI is InChI=1S/C9H14N4/c1-3-5-7-6-10-13-9(7)11-8(4-2)12-13/h6H,3-5H2,1-2H3,(H,11,12). The number of aryl methyl sites for hydroxylation is 2. The molecule has 2 heterocycles. The molecule has 0 aliphatic heterocycles. The monoisotopic (exact) mass is 178 g/mol. The molecule has 0 bridgehead atoms. The smallest absolute Gasteiger partial charge is 0.178 e. The third kappa shape index (κ3) is 1.32. The van der Waals surface area contributed by atoms with E-state index in [0.29, 0.717) is 0 Å². The zero-order valence-corrected chi connectivity index (χ0v) is 8.04. The van der Waals surface area contributed by atoms with Crippen molar-refractivity contribution in [2.75, 3.05) is 0 Å². The van der Waals surface area contributed by atoms with Gasteiger partial charge < -0.3 is 0 Å². The average molecular weight is 178 g/mol. The molecule has 4 heteroatoms. The van der Waals surface area contributed by atoms with E-state index in [2.05, 4.69) is 29.0 Å². The van der Waals surface area contributed by atoms with E-state index >= 15 is 0 Å². The first-order valence-corrected chi connectivity index (χ1v) is 4.76. The molecule has 0 spiro atoms. The van der Waals surface area contributed by atoms with E-state index in [-0.39, 0.29) is 0 Å². The Kier molecular flexibility index (Phi) is 2.04. The van der Waals surface area contributed by atoms with Crippen molar-refractivity contribution >= 4 is 5.65 Å². The molecule has 0 fully saturated rings. The van der Waals surface area contributed by atoms with Crippen LogP contribution in [0, 0.1) is 0 Å². The first-order valence-electron chi connectivity index (χ1n) is 4.76. The summed E-state index contributed by atoms with van der Waals surface area (Å²) in [6.45, 7) is 4.24. The van der Waals surface area contributed by atoms with Gasteiger partial charge in [0.1, 0.15) is 5.82 Å². The van der Waals surface area contributed by atoms with E-state index in [0.717, 1.165) is 30.7 Å². The third-order valence-electron chi connectivity index (χ3n) is 2.15.